The third-order valence-corrected chi connectivity index (χ3v) is 4.47. The van der Waals surface area contributed by atoms with E-state index in [-0.39, 0.29) is 42.8 Å². The molecule has 1 aliphatic rings. The van der Waals surface area contributed by atoms with Gasteiger partial charge < -0.3 is 11.1 Å². The van der Waals surface area contributed by atoms with Gasteiger partial charge in [0, 0.05) is 25.7 Å². The van der Waals surface area contributed by atoms with E-state index in [0.29, 0.717) is 12.5 Å². The highest BCUT2D eigenvalue weighted by Gasteiger charge is 2.26. The fourth-order valence-electron chi connectivity index (χ4n) is 3.12. The highest BCUT2D eigenvalue weighted by Crippen LogP contribution is 2.20. The molecule has 3 N–H and O–H groups in total. The van der Waals surface area contributed by atoms with E-state index >= 15 is 0 Å². The second kappa shape index (κ2) is 10.9. The average molecular weight is 376 g/mol. The number of rotatable bonds is 6. The molecule has 4 nitrogen and oxygen atoms in total. The third-order valence-electron chi connectivity index (χ3n) is 4.47. The van der Waals surface area contributed by atoms with E-state index in [2.05, 4.69) is 48.3 Å². The van der Waals surface area contributed by atoms with Crippen molar-refractivity contribution in [1.29, 1.82) is 0 Å². The monoisotopic (exact) mass is 375 g/mol. The third kappa shape index (κ3) is 6.25. The van der Waals surface area contributed by atoms with Crippen LogP contribution in [0.2, 0.25) is 0 Å². The molecule has 0 aliphatic carbocycles. The van der Waals surface area contributed by atoms with Crippen LogP contribution in [0.25, 0.3) is 0 Å². The summed E-state index contributed by atoms with van der Waals surface area (Å²) in [5.74, 6) is 0.626. The number of fused-ring (bicyclic) bond motifs is 1. The van der Waals surface area contributed by atoms with Crippen LogP contribution in [-0.4, -0.2) is 36.0 Å². The number of hydrogen-bond donors (Lipinski definition) is 2. The maximum Gasteiger partial charge on any atom is 0.237 e. The number of carbonyl (C=O) groups is 1. The van der Waals surface area contributed by atoms with Gasteiger partial charge in [-0.1, -0.05) is 38.1 Å². The minimum absolute atomic E-state index is 0. The van der Waals surface area contributed by atoms with Crippen LogP contribution >= 0.6 is 24.8 Å². The van der Waals surface area contributed by atoms with Gasteiger partial charge in [-0.25, -0.2) is 0 Å². The van der Waals surface area contributed by atoms with Gasteiger partial charge in [0.1, 0.15) is 0 Å². The standard InChI is InChI=1S/C18H29N3O.2ClH/c1-13(2)10-17(11-19)20-18(22)14(3)21-9-8-15-6-4-5-7-16(15)12-21;;/h4-7,13-14,17H,8-12,19H2,1-3H3,(H,20,22);2*1H. The summed E-state index contributed by atoms with van der Waals surface area (Å²) >= 11 is 0. The smallest absolute Gasteiger partial charge is 0.237 e. The van der Waals surface area contributed by atoms with E-state index in [1.165, 1.54) is 11.1 Å². The van der Waals surface area contributed by atoms with Gasteiger partial charge in [-0.3, -0.25) is 9.69 Å². The molecule has 0 fully saturated rings. The molecule has 2 atom stereocenters. The van der Waals surface area contributed by atoms with E-state index in [1.54, 1.807) is 0 Å². The molecule has 24 heavy (non-hydrogen) atoms. The first kappa shape index (κ1) is 23.2. The van der Waals surface area contributed by atoms with Gasteiger partial charge in [-0.2, -0.15) is 0 Å². The Labute approximate surface area is 158 Å². The van der Waals surface area contributed by atoms with Crippen molar-refractivity contribution < 1.29 is 4.79 Å². The molecule has 0 aromatic heterocycles. The number of halogens is 2. The van der Waals surface area contributed by atoms with Gasteiger partial charge >= 0.3 is 0 Å². The van der Waals surface area contributed by atoms with E-state index in [0.717, 1.165) is 25.9 Å². The lowest BCUT2D eigenvalue weighted by molar-refractivity contribution is -0.127. The molecule has 0 saturated carbocycles. The number of nitrogens with one attached hydrogen (secondary N) is 1. The van der Waals surface area contributed by atoms with Gasteiger partial charge in [-0.15, -0.1) is 24.8 Å². The van der Waals surface area contributed by atoms with Gasteiger partial charge in [0.25, 0.3) is 0 Å². The minimum atomic E-state index is -0.116. The molecule has 1 amide bonds. The summed E-state index contributed by atoms with van der Waals surface area (Å²) < 4.78 is 0. The molecule has 138 valence electrons. The van der Waals surface area contributed by atoms with Crippen molar-refractivity contribution in [3.8, 4) is 0 Å². The van der Waals surface area contributed by atoms with Crippen molar-refractivity contribution in [3.05, 3.63) is 35.4 Å². The van der Waals surface area contributed by atoms with E-state index in [9.17, 15) is 4.79 Å². The number of nitrogens with two attached hydrogens (primary N) is 1. The molecular weight excluding hydrogens is 345 g/mol. The SMILES string of the molecule is CC(C)CC(CN)NC(=O)C(C)N1CCc2ccccc2C1.Cl.Cl. The summed E-state index contributed by atoms with van der Waals surface area (Å²) in [6, 6.07) is 8.46. The topological polar surface area (TPSA) is 58.4 Å². The Morgan fingerprint density at radius 2 is 1.83 bits per heavy atom. The Balaban J connectivity index is 0.00000264. The molecule has 0 radical (unpaired) electrons. The van der Waals surface area contributed by atoms with Crippen molar-refractivity contribution in [2.24, 2.45) is 11.7 Å². The van der Waals surface area contributed by atoms with Gasteiger partial charge in [0.05, 0.1) is 6.04 Å². The molecular formula is C18H31Cl2N3O. The largest absolute Gasteiger partial charge is 0.351 e. The second-order valence-corrected chi connectivity index (χ2v) is 6.74. The van der Waals surface area contributed by atoms with Crippen molar-refractivity contribution in [2.75, 3.05) is 13.1 Å². The molecule has 0 saturated heterocycles. The van der Waals surface area contributed by atoms with Crippen molar-refractivity contribution in [2.45, 2.75) is 52.2 Å². The van der Waals surface area contributed by atoms with Crippen LogP contribution in [0.1, 0.15) is 38.3 Å². The van der Waals surface area contributed by atoms with Gasteiger partial charge in [0.2, 0.25) is 5.91 Å². The van der Waals surface area contributed by atoms with Crippen LogP contribution < -0.4 is 11.1 Å². The quantitative estimate of drug-likeness (QED) is 0.803. The second-order valence-electron chi connectivity index (χ2n) is 6.74. The molecule has 1 aromatic carbocycles. The summed E-state index contributed by atoms with van der Waals surface area (Å²) in [6.07, 6.45) is 1.94. The number of amides is 1. The maximum absolute atomic E-state index is 12.5. The molecule has 2 unspecified atom stereocenters. The Hall–Kier alpha value is -0.810. The zero-order valence-corrected chi connectivity index (χ0v) is 16.5. The van der Waals surface area contributed by atoms with E-state index in [1.807, 2.05) is 6.92 Å². The van der Waals surface area contributed by atoms with E-state index in [4.69, 9.17) is 5.73 Å². The number of nitrogens with zero attached hydrogens (tertiary/aromatic N) is 1. The van der Waals surface area contributed by atoms with Crippen LogP contribution in [0.5, 0.6) is 0 Å². The predicted octanol–water partition coefficient (Wildman–Crippen LogP) is 2.77. The Bertz CT molecular complexity index is 511. The van der Waals surface area contributed by atoms with Gasteiger partial charge in [0.15, 0.2) is 0 Å². The van der Waals surface area contributed by atoms with Crippen LogP contribution in [0.15, 0.2) is 24.3 Å². The van der Waals surface area contributed by atoms with Gasteiger partial charge in [-0.05, 0) is 36.8 Å². The Kier molecular flexibility index (Phi) is 10.6. The zero-order chi connectivity index (χ0) is 16.1. The van der Waals surface area contributed by atoms with Crippen LogP contribution in [0.3, 0.4) is 0 Å². The predicted molar refractivity (Wildman–Crippen MR) is 105 cm³/mol. The molecule has 1 aliphatic heterocycles. The van der Waals surface area contributed by atoms with Crippen LogP contribution in [0, 0.1) is 5.92 Å². The zero-order valence-electron chi connectivity index (χ0n) is 14.8. The van der Waals surface area contributed by atoms with Crippen molar-refractivity contribution in [3.63, 3.8) is 0 Å². The molecule has 1 aromatic rings. The lowest BCUT2D eigenvalue weighted by Gasteiger charge is -2.33. The fourth-order valence-corrected chi connectivity index (χ4v) is 3.12. The van der Waals surface area contributed by atoms with Crippen molar-refractivity contribution >= 4 is 30.7 Å². The first-order valence-electron chi connectivity index (χ1n) is 8.32. The van der Waals surface area contributed by atoms with E-state index < -0.39 is 0 Å². The summed E-state index contributed by atoms with van der Waals surface area (Å²) in [5.41, 5.74) is 8.53. The van der Waals surface area contributed by atoms with Crippen LogP contribution in [0.4, 0.5) is 0 Å². The highest BCUT2D eigenvalue weighted by atomic mass is 35.5. The molecule has 0 bridgehead atoms. The normalized spacial score (nSPS) is 16.4. The molecule has 0 spiro atoms. The lowest BCUT2D eigenvalue weighted by atomic mass is 9.98. The number of hydrogen-bond acceptors (Lipinski definition) is 3. The molecule has 2 rings (SSSR count). The first-order valence-corrected chi connectivity index (χ1v) is 8.32. The van der Waals surface area contributed by atoms with Crippen molar-refractivity contribution in [1.82, 2.24) is 10.2 Å². The maximum atomic E-state index is 12.5. The summed E-state index contributed by atoms with van der Waals surface area (Å²) in [5, 5.41) is 3.11. The number of benzene rings is 1. The Morgan fingerprint density at radius 3 is 2.42 bits per heavy atom. The minimum Gasteiger partial charge on any atom is -0.351 e. The Morgan fingerprint density at radius 1 is 1.21 bits per heavy atom. The molecule has 1 heterocycles. The summed E-state index contributed by atoms with van der Waals surface area (Å²) in [4.78, 5) is 14.7. The highest BCUT2D eigenvalue weighted by molar-refractivity contribution is 5.85. The van der Waals surface area contributed by atoms with Crippen LogP contribution in [-0.2, 0) is 17.8 Å². The molecule has 6 heteroatoms. The average Bonchev–Trinajstić information content (AvgIpc) is 2.52. The number of carbonyl (C=O) groups excluding carboxylic acids is 1. The summed E-state index contributed by atoms with van der Waals surface area (Å²) in [6.45, 7) is 8.58. The lowest BCUT2D eigenvalue weighted by Crippen LogP contribution is -2.51. The first-order chi connectivity index (χ1) is 10.5. The summed E-state index contributed by atoms with van der Waals surface area (Å²) in [7, 11) is 0. The fraction of sp³-hybridized carbons (Fsp3) is 0.611.